The van der Waals surface area contributed by atoms with Crippen molar-refractivity contribution in [3.63, 3.8) is 0 Å². The summed E-state index contributed by atoms with van der Waals surface area (Å²) in [6.07, 6.45) is 10.4. The molecule has 3 aromatic rings. The van der Waals surface area contributed by atoms with Gasteiger partial charge >= 0.3 is 0 Å². The number of nitrogens with zero attached hydrogens (tertiary/aromatic N) is 6. The van der Waals surface area contributed by atoms with Crippen molar-refractivity contribution in [1.29, 1.82) is 0 Å². The highest BCUT2D eigenvalue weighted by atomic mass is 16.1. The van der Waals surface area contributed by atoms with Crippen molar-refractivity contribution >= 4 is 17.5 Å². The summed E-state index contributed by atoms with van der Waals surface area (Å²) in [5, 5.41) is 11.8. The Morgan fingerprint density at radius 1 is 1.10 bits per heavy atom. The van der Waals surface area contributed by atoms with E-state index in [1.807, 2.05) is 24.4 Å². The fourth-order valence-electron chi connectivity index (χ4n) is 3.71. The Labute approximate surface area is 174 Å². The van der Waals surface area contributed by atoms with Gasteiger partial charge in [0.15, 0.2) is 5.82 Å². The molecule has 2 aliphatic carbocycles. The molecule has 5 rings (SSSR count). The molecule has 0 spiro atoms. The molecule has 8 heteroatoms. The summed E-state index contributed by atoms with van der Waals surface area (Å²) in [5.74, 6) is 1.80. The number of aromatic nitrogens is 5. The van der Waals surface area contributed by atoms with Crippen LogP contribution >= 0.6 is 0 Å². The molecule has 0 radical (unpaired) electrons. The third kappa shape index (κ3) is 3.98. The van der Waals surface area contributed by atoms with E-state index >= 15 is 0 Å². The van der Waals surface area contributed by atoms with Crippen LogP contribution in [0.1, 0.15) is 49.3 Å². The smallest absolute Gasteiger partial charge is 0.258 e. The number of rotatable bonds is 5. The van der Waals surface area contributed by atoms with Gasteiger partial charge in [-0.25, -0.2) is 15.0 Å². The molecule has 0 bridgehead atoms. The van der Waals surface area contributed by atoms with E-state index in [1.165, 1.54) is 12.8 Å². The summed E-state index contributed by atoms with van der Waals surface area (Å²) in [7, 11) is 0. The lowest BCUT2D eigenvalue weighted by molar-refractivity contribution is 0.740. The number of hydrogen-bond acceptors (Lipinski definition) is 7. The Bertz CT molecular complexity index is 1130. The van der Waals surface area contributed by atoms with Gasteiger partial charge in [0.25, 0.3) is 5.56 Å². The van der Waals surface area contributed by atoms with Gasteiger partial charge in [-0.15, -0.1) is 10.2 Å². The Morgan fingerprint density at radius 3 is 2.73 bits per heavy atom. The highest BCUT2D eigenvalue weighted by Crippen LogP contribution is 2.38. The van der Waals surface area contributed by atoms with Crippen LogP contribution in [0.3, 0.4) is 0 Å². The molecule has 30 heavy (non-hydrogen) atoms. The van der Waals surface area contributed by atoms with Gasteiger partial charge in [-0.05, 0) is 50.8 Å². The van der Waals surface area contributed by atoms with Crippen molar-refractivity contribution in [3.05, 3.63) is 64.5 Å². The first kappa shape index (κ1) is 18.6. The van der Waals surface area contributed by atoms with Crippen LogP contribution < -0.4 is 10.9 Å². The van der Waals surface area contributed by atoms with Gasteiger partial charge in [0.1, 0.15) is 0 Å². The number of aryl methyl sites for hydroxylation is 1. The monoisotopic (exact) mass is 401 g/mol. The van der Waals surface area contributed by atoms with Crippen LogP contribution in [0.4, 0.5) is 11.8 Å². The molecular weight excluding hydrogens is 378 g/mol. The van der Waals surface area contributed by atoms with Crippen LogP contribution in [-0.2, 0) is 0 Å². The molecule has 0 aromatic carbocycles. The number of nitrogens with one attached hydrogen (secondary N) is 1. The Morgan fingerprint density at radius 2 is 2.00 bits per heavy atom. The van der Waals surface area contributed by atoms with Crippen molar-refractivity contribution in [1.82, 2.24) is 24.7 Å². The largest absolute Gasteiger partial charge is 0.350 e. The molecular formula is C22H23N7O. The van der Waals surface area contributed by atoms with E-state index in [-0.39, 0.29) is 11.6 Å². The first-order valence-corrected chi connectivity index (χ1v) is 10.3. The minimum atomic E-state index is -0.0371. The number of hydrogen-bond donors (Lipinski definition) is 1. The fraction of sp³-hybridized carbons (Fsp3) is 0.364. The lowest BCUT2D eigenvalue weighted by atomic mass is 10.2. The van der Waals surface area contributed by atoms with Gasteiger partial charge < -0.3 is 5.32 Å². The summed E-state index contributed by atoms with van der Waals surface area (Å²) >= 11 is 0. The summed E-state index contributed by atoms with van der Waals surface area (Å²) < 4.78 is 1.59. The Kier molecular flexibility index (Phi) is 4.82. The van der Waals surface area contributed by atoms with E-state index in [4.69, 9.17) is 4.99 Å². The van der Waals surface area contributed by atoms with Crippen molar-refractivity contribution < 1.29 is 0 Å². The standard InChI is InChI=1S/C22H23N7O/c1-14-3-2-10-29(21(14)30)18-8-9-20(23-12-18)25-16-6-7-17(11-16)26-22-24-13-19(27-28-22)15-4-5-15/h2-3,8-10,12-13,15,17H,4-7,11H2,1H3,(H,24,26,28)/t17-/m0/s1. The summed E-state index contributed by atoms with van der Waals surface area (Å²) in [6.45, 7) is 1.81. The molecule has 0 aliphatic heterocycles. The van der Waals surface area contributed by atoms with Gasteiger partial charge in [-0.2, -0.15) is 0 Å². The first-order valence-electron chi connectivity index (χ1n) is 10.3. The first-order chi connectivity index (χ1) is 14.7. The summed E-state index contributed by atoms with van der Waals surface area (Å²) in [6, 6.07) is 7.64. The van der Waals surface area contributed by atoms with Crippen molar-refractivity contribution in [3.8, 4) is 5.69 Å². The van der Waals surface area contributed by atoms with E-state index in [0.717, 1.165) is 36.4 Å². The van der Waals surface area contributed by atoms with E-state index in [2.05, 4.69) is 25.5 Å². The number of anilines is 1. The van der Waals surface area contributed by atoms with E-state index < -0.39 is 0 Å². The molecule has 0 unspecified atom stereocenters. The average molecular weight is 401 g/mol. The van der Waals surface area contributed by atoms with E-state index in [1.54, 1.807) is 30.0 Å². The Hall–Kier alpha value is -3.42. The molecule has 8 nitrogen and oxygen atoms in total. The zero-order chi connectivity index (χ0) is 20.5. The third-order valence-corrected chi connectivity index (χ3v) is 5.59. The quantitative estimate of drug-likeness (QED) is 0.704. The summed E-state index contributed by atoms with van der Waals surface area (Å²) in [5.41, 5.74) is 3.50. The van der Waals surface area contributed by atoms with Crippen LogP contribution in [-0.4, -0.2) is 36.5 Å². The predicted octanol–water partition coefficient (Wildman–Crippen LogP) is 3.34. The molecule has 1 N–H and O–H groups in total. The van der Waals surface area contributed by atoms with Crippen LogP contribution in [0.2, 0.25) is 0 Å². The third-order valence-electron chi connectivity index (χ3n) is 5.59. The fourth-order valence-corrected chi connectivity index (χ4v) is 3.71. The van der Waals surface area contributed by atoms with Gasteiger partial charge in [0.05, 0.1) is 23.8 Å². The number of aliphatic imine (C=N–C) groups is 1. The van der Waals surface area contributed by atoms with Crippen LogP contribution in [0, 0.1) is 6.92 Å². The lowest BCUT2D eigenvalue weighted by Crippen LogP contribution is -2.19. The molecule has 0 saturated heterocycles. The molecule has 2 fully saturated rings. The highest BCUT2D eigenvalue weighted by Gasteiger charge is 2.26. The molecule has 1 atom stereocenters. The normalized spacial score (nSPS) is 19.9. The predicted molar refractivity (Wildman–Crippen MR) is 115 cm³/mol. The maximum absolute atomic E-state index is 12.3. The van der Waals surface area contributed by atoms with Crippen LogP contribution in [0.25, 0.3) is 5.69 Å². The molecule has 3 aromatic heterocycles. The minimum Gasteiger partial charge on any atom is -0.350 e. The van der Waals surface area contributed by atoms with Crippen LogP contribution in [0.5, 0.6) is 0 Å². The van der Waals surface area contributed by atoms with Crippen molar-refractivity contribution in [2.45, 2.75) is 51.0 Å². The molecule has 2 saturated carbocycles. The topological polar surface area (TPSA) is 98.0 Å². The molecule has 3 heterocycles. The molecule has 152 valence electrons. The maximum atomic E-state index is 12.3. The van der Waals surface area contributed by atoms with E-state index in [0.29, 0.717) is 23.2 Å². The second-order valence-corrected chi connectivity index (χ2v) is 7.98. The zero-order valence-corrected chi connectivity index (χ0v) is 16.8. The van der Waals surface area contributed by atoms with Gasteiger partial charge in [0.2, 0.25) is 5.95 Å². The maximum Gasteiger partial charge on any atom is 0.258 e. The lowest BCUT2D eigenvalue weighted by Gasteiger charge is -2.10. The van der Waals surface area contributed by atoms with Crippen molar-refractivity contribution in [2.24, 2.45) is 4.99 Å². The SMILES string of the molecule is Cc1cccn(-c2ccc(N=C3CC[C@H](Nc4ncc(C5CC5)nn4)C3)nc2)c1=O. The van der Waals surface area contributed by atoms with Gasteiger partial charge in [-0.1, -0.05) is 6.07 Å². The van der Waals surface area contributed by atoms with E-state index in [9.17, 15) is 4.79 Å². The highest BCUT2D eigenvalue weighted by molar-refractivity contribution is 5.89. The van der Waals surface area contributed by atoms with Crippen molar-refractivity contribution in [2.75, 3.05) is 5.32 Å². The van der Waals surface area contributed by atoms with Gasteiger partial charge in [0, 0.05) is 35.9 Å². The second kappa shape index (κ2) is 7.78. The van der Waals surface area contributed by atoms with Gasteiger partial charge in [-0.3, -0.25) is 9.36 Å². The molecule has 2 aliphatic rings. The number of pyridine rings is 2. The van der Waals surface area contributed by atoms with Crippen LogP contribution in [0.15, 0.2) is 52.6 Å². The second-order valence-electron chi connectivity index (χ2n) is 7.98. The Balaban J connectivity index is 1.23. The molecule has 0 amide bonds. The minimum absolute atomic E-state index is 0.0371. The average Bonchev–Trinajstić information content (AvgIpc) is 3.52. The summed E-state index contributed by atoms with van der Waals surface area (Å²) in [4.78, 5) is 25.8. The zero-order valence-electron chi connectivity index (χ0n) is 16.8.